The highest BCUT2D eigenvalue weighted by Crippen LogP contribution is 2.37. The first kappa shape index (κ1) is 10.3. The fourth-order valence-electron chi connectivity index (χ4n) is 1.02. The van der Waals surface area contributed by atoms with Gasteiger partial charge in [0.15, 0.2) is 23.7 Å². The number of hydrogen-bond acceptors (Lipinski definition) is 2. The van der Waals surface area contributed by atoms with Crippen molar-refractivity contribution in [1.29, 1.82) is 10.5 Å². The number of alkyl halides is 1. The normalized spacial score (nSPS) is 27.3. The number of nitrogens with zero attached hydrogens (tertiary/aromatic N) is 2. The number of hydrogen-bond donors (Lipinski definition) is 0. The Hall–Kier alpha value is -1.82. The second kappa shape index (κ2) is 3.51. The van der Waals surface area contributed by atoms with Crippen molar-refractivity contribution in [2.75, 3.05) is 0 Å². The topological polar surface area (TPSA) is 47.6 Å². The zero-order valence-electron chi connectivity index (χ0n) is 6.56. The van der Waals surface area contributed by atoms with Crippen molar-refractivity contribution in [3.63, 3.8) is 0 Å². The molecule has 0 aromatic carbocycles. The quantitative estimate of drug-likeness (QED) is 0.566. The minimum atomic E-state index is -2.62. The van der Waals surface area contributed by atoms with Gasteiger partial charge in [0, 0.05) is 0 Å². The average Bonchev–Trinajstić information content (AvgIpc) is 2.20. The molecular weight excluding hydrogens is 200 g/mol. The van der Waals surface area contributed by atoms with Gasteiger partial charge in [-0.05, 0) is 0 Å². The van der Waals surface area contributed by atoms with E-state index in [4.69, 9.17) is 10.5 Å². The Morgan fingerprint density at radius 3 is 2.07 bits per heavy atom. The summed E-state index contributed by atoms with van der Waals surface area (Å²) in [7, 11) is 0. The van der Waals surface area contributed by atoms with E-state index in [9.17, 15) is 17.6 Å². The lowest BCUT2D eigenvalue weighted by Crippen LogP contribution is -2.22. The molecule has 6 heteroatoms. The Balaban J connectivity index is 3.37. The first-order valence-corrected chi connectivity index (χ1v) is 3.43. The molecule has 0 saturated carbocycles. The van der Waals surface area contributed by atoms with Crippen LogP contribution in [0.3, 0.4) is 0 Å². The standard InChI is InChI=1S/C8H2F4N2/c9-5-3(1-13)4(2-14)6(10)8(12)7(5)11/h3,5H. The largest absolute Gasteiger partial charge is 0.238 e. The van der Waals surface area contributed by atoms with Crippen LogP contribution < -0.4 is 0 Å². The van der Waals surface area contributed by atoms with Crippen LogP contribution in [0.2, 0.25) is 0 Å². The number of rotatable bonds is 0. The van der Waals surface area contributed by atoms with E-state index in [1.807, 2.05) is 0 Å². The molecule has 0 radical (unpaired) electrons. The molecule has 0 aliphatic heterocycles. The second-order valence-corrected chi connectivity index (χ2v) is 2.51. The summed E-state index contributed by atoms with van der Waals surface area (Å²) in [5.74, 6) is -7.74. The van der Waals surface area contributed by atoms with Gasteiger partial charge in [-0.2, -0.15) is 10.5 Å². The molecule has 1 rings (SSSR count). The summed E-state index contributed by atoms with van der Waals surface area (Å²) in [5.41, 5.74) is -1.01. The summed E-state index contributed by atoms with van der Waals surface area (Å²) in [6, 6.07) is 2.34. The Morgan fingerprint density at radius 1 is 1.07 bits per heavy atom. The van der Waals surface area contributed by atoms with Gasteiger partial charge in [-0.1, -0.05) is 0 Å². The third-order valence-electron chi connectivity index (χ3n) is 1.74. The van der Waals surface area contributed by atoms with Crippen LogP contribution in [0, 0.1) is 28.6 Å². The first-order chi connectivity index (χ1) is 6.54. The maximum atomic E-state index is 12.9. The third kappa shape index (κ3) is 1.25. The first-order valence-electron chi connectivity index (χ1n) is 3.43. The van der Waals surface area contributed by atoms with E-state index in [1.165, 1.54) is 6.07 Å². The Morgan fingerprint density at radius 2 is 1.64 bits per heavy atom. The molecule has 0 saturated heterocycles. The lowest BCUT2D eigenvalue weighted by molar-refractivity contribution is 0.263. The van der Waals surface area contributed by atoms with Gasteiger partial charge in [0.05, 0.1) is 17.7 Å². The summed E-state index contributed by atoms with van der Waals surface area (Å²) < 4.78 is 50.7. The van der Waals surface area contributed by atoms with E-state index in [0.717, 1.165) is 6.07 Å². The monoisotopic (exact) mass is 202 g/mol. The molecule has 0 fully saturated rings. The summed E-state index contributed by atoms with van der Waals surface area (Å²) >= 11 is 0. The van der Waals surface area contributed by atoms with Crippen molar-refractivity contribution in [3.05, 3.63) is 23.1 Å². The fourth-order valence-corrected chi connectivity index (χ4v) is 1.02. The van der Waals surface area contributed by atoms with Crippen molar-refractivity contribution in [2.24, 2.45) is 5.92 Å². The van der Waals surface area contributed by atoms with Gasteiger partial charge in [-0.15, -0.1) is 0 Å². The van der Waals surface area contributed by atoms with Crippen LogP contribution in [0.15, 0.2) is 23.1 Å². The molecule has 1 aliphatic carbocycles. The number of allylic oxidation sites excluding steroid dienone is 4. The van der Waals surface area contributed by atoms with Crippen LogP contribution in [-0.4, -0.2) is 6.17 Å². The minimum Gasteiger partial charge on any atom is -0.238 e. The molecule has 0 aromatic heterocycles. The van der Waals surface area contributed by atoms with Gasteiger partial charge in [-0.25, -0.2) is 17.6 Å². The maximum Gasteiger partial charge on any atom is 0.194 e. The van der Waals surface area contributed by atoms with Gasteiger partial charge in [0.2, 0.25) is 0 Å². The molecule has 14 heavy (non-hydrogen) atoms. The summed E-state index contributed by atoms with van der Waals surface area (Å²) in [6.45, 7) is 0. The molecule has 0 heterocycles. The van der Waals surface area contributed by atoms with Gasteiger partial charge < -0.3 is 0 Å². The van der Waals surface area contributed by atoms with Crippen LogP contribution in [0.5, 0.6) is 0 Å². The maximum absolute atomic E-state index is 12.9. The highest BCUT2D eigenvalue weighted by atomic mass is 19.2. The third-order valence-corrected chi connectivity index (χ3v) is 1.74. The van der Waals surface area contributed by atoms with E-state index in [0.29, 0.717) is 0 Å². The SMILES string of the molecule is N#CC1=C(F)C(F)=C(F)C(F)C1C#N. The molecule has 2 atom stereocenters. The van der Waals surface area contributed by atoms with Gasteiger partial charge in [0.1, 0.15) is 5.92 Å². The molecule has 0 amide bonds. The Labute approximate surface area is 76.4 Å². The van der Waals surface area contributed by atoms with E-state index in [-0.39, 0.29) is 0 Å². The molecular formula is C8H2F4N2. The molecule has 0 N–H and O–H groups in total. The van der Waals surface area contributed by atoms with Crippen molar-refractivity contribution >= 4 is 0 Å². The Bertz CT molecular complexity index is 410. The van der Waals surface area contributed by atoms with Crippen LogP contribution in [-0.2, 0) is 0 Å². The van der Waals surface area contributed by atoms with Crippen LogP contribution in [0.1, 0.15) is 0 Å². The lowest BCUT2D eigenvalue weighted by atomic mass is 9.90. The zero-order valence-corrected chi connectivity index (χ0v) is 6.56. The minimum absolute atomic E-state index is 1.01. The average molecular weight is 202 g/mol. The number of halogens is 4. The molecule has 0 bridgehead atoms. The highest BCUT2D eigenvalue weighted by molar-refractivity contribution is 5.45. The predicted molar refractivity (Wildman–Crippen MR) is 37.0 cm³/mol. The van der Waals surface area contributed by atoms with Crippen LogP contribution in [0.4, 0.5) is 17.6 Å². The van der Waals surface area contributed by atoms with Crippen molar-refractivity contribution in [3.8, 4) is 12.1 Å². The lowest BCUT2D eigenvalue weighted by Gasteiger charge is -2.17. The summed E-state index contributed by atoms with van der Waals surface area (Å²) in [6.07, 6.45) is -2.62. The molecule has 2 nitrogen and oxygen atoms in total. The van der Waals surface area contributed by atoms with Crippen LogP contribution >= 0.6 is 0 Å². The van der Waals surface area contributed by atoms with Crippen molar-refractivity contribution < 1.29 is 17.6 Å². The van der Waals surface area contributed by atoms with E-state index >= 15 is 0 Å². The second-order valence-electron chi connectivity index (χ2n) is 2.51. The van der Waals surface area contributed by atoms with Gasteiger partial charge in [-0.3, -0.25) is 0 Å². The van der Waals surface area contributed by atoms with Crippen molar-refractivity contribution in [2.45, 2.75) is 6.17 Å². The van der Waals surface area contributed by atoms with E-state index < -0.39 is 35.1 Å². The Kier molecular flexibility index (Phi) is 2.57. The molecule has 0 aromatic rings. The molecule has 2 unspecified atom stereocenters. The summed E-state index contributed by atoms with van der Waals surface area (Å²) in [4.78, 5) is 0. The molecule has 72 valence electrons. The van der Waals surface area contributed by atoms with Gasteiger partial charge in [0.25, 0.3) is 0 Å². The number of nitriles is 2. The zero-order chi connectivity index (χ0) is 10.9. The molecule has 1 aliphatic rings. The smallest absolute Gasteiger partial charge is 0.194 e. The van der Waals surface area contributed by atoms with E-state index in [1.54, 1.807) is 0 Å². The van der Waals surface area contributed by atoms with Crippen molar-refractivity contribution in [1.82, 2.24) is 0 Å². The molecule has 0 spiro atoms. The van der Waals surface area contributed by atoms with E-state index in [2.05, 4.69) is 0 Å². The van der Waals surface area contributed by atoms with Crippen LogP contribution in [0.25, 0.3) is 0 Å². The fraction of sp³-hybridized carbons (Fsp3) is 0.250. The predicted octanol–water partition coefficient (Wildman–Crippen LogP) is 2.38. The van der Waals surface area contributed by atoms with Gasteiger partial charge >= 0.3 is 0 Å². The highest BCUT2D eigenvalue weighted by Gasteiger charge is 2.39. The summed E-state index contributed by atoms with van der Waals surface area (Å²) in [5, 5.41) is 16.6.